The van der Waals surface area contributed by atoms with E-state index in [4.69, 9.17) is 10.5 Å². The molecule has 1 aromatic carbocycles. The summed E-state index contributed by atoms with van der Waals surface area (Å²) in [6.45, 7) is 5.18. The fourth-order valence-corrected chi connectivity index (χ4v) is 2.19. The van der Waals surface area contributed by atoms with Gasteiger partial charge in [-0.25, -0.2) is 0 Å². The normalized spacial score (nSPS) is 18.7. The summed E-state index contributed by atoms with van der Waals surface area (Å²) in [6, 6.07) is 5.93. The number of anilines is 2. The van der Waals surface area contributed by atoms with E-state index in [1.807, 2.05) is 12.1 Å². The van der Waals surface area contributed by atoms with Crippen LogP contribution in [0.1, 0.15) is 13.3 Å². The topological polar surface area (TPSA) is 41.7 Å². The van der Waals surface area contributed by atoms with Gasteiger partial charge in [-0.2, -0.15) is 0 Å². The van der Waals surface area contributed by atoms with E-state index < -0.39 is 0 Å². The summed E-state index contributed by atoms with van der Waals surface area (Å²) in [6.07, 6.45) is 1.29. The Hall–Kier alpha value is -1.42. The molecule has 1 unspecified atom stereocenters. The van der Waals surface area contributed by atoms with Gasteiger partial charge in [0.2, 0.25) is 0 Å². The van der Waals surface area contributed by atoms with E-state index in [1.54, 1.807) is 0 Å². The number of rotatable bonds is 4. The Morgan fingerprint density at radius 2 is 2.22 bits per heavy atom. The largest absolute Gasteiger partial charge is 0.486 e. The number of benzene rings is 1. The highest BCUT2D eigenvalue weighted by Gasteiger charge is 2.24. The first kappa shape index (κ1) is 13.0. The second kappa shape index (κ2) is 5.48. The van der Waals surface area contributed by atoms with Gasteiger partial charge < -0.3 is 20.3 Å². The Morgan fingerprint density at radius 1 is 1.44 bits per heavy atom. The number of hydrogen-bond acceptors (Lipinski definition) is 4. The minimum Gasteiger partial charge on any atom is -0.486 e. The van der Waals surface area contributed by atoms with Gasteiger partial charge >= 0.3 is 0 Å². The van der Waals surface area contributed by atoms with Crippen LogP contribution in [0.2, 0.25) is 0 Å². The van der Waals surface area contributed by atoms with Gasteiger partial charge in [-0.15, -0.1) is 0 Å². The molecule has 0 bridgehead atoms. The number of hydrogen-bond donors (Lipinski definition) is 1. The lowest BCUT2D eigenvalue weighted by Crippen LogP contribution is -2.42. The lowest BCUT2D eigenvalue weighted by Gasteiger charge is -2.36. The van der Waals surface area contributed by atoms with Crippen molar-refractivity contribution in [3.63, 3.8) is 0 Å². The zero-order chi connectivity index (χ0) is 13.1. The zero-order valence-electron chi connectivity index (χ0n) is 11.5. The summed E-state index contributed by atoms with van der Waals surface area (Å²) in [5.74, 6) is 0.923. The highest BCUT2D eigenvalue weighted by molar-refractivity contribution is 5.65. The summed E-state index contributed by atoms with van der Waals surface area (Å²) < 4.78 is 5.96. The minimum absolute atomic E-state index is 0.265. The molecule has 0 radical (unpaired) electrons. The number of nitrogens with zero attached hydrogens (tertiary/aromatic N) is 2. The number of ether oxygens (including phenoxy) is 1. The van der Waals surface area contributed by atoms with Crippen LogP contribution in [0.25, 0.3) is 0 Å². The predicted octanol–water partition coefficient (Wildman–Crippen LogP) is 1.81. The molecule has 18 heavy (non-hydrogen) atoms. The van der Waals surface area contributed by atoms with Crippen LogP contribution in [0.3, 0.4) is 0 Å². The molecule has 0 saturated heterocycles. The molecule has 1 aliphatic rings. The molecule has 100 valence electrons. The SMILES string of the molecule is CCC1CN(CCN(C)C)c2ccc(N)cc2O1. The van der Waals surface area contributed by atoms with E-state index in [1.165, 1.54) is 0 Å². The van der Waals surface area contributed by atoms with Gasteiger partial charge in [0.15, 0.2) is 0 Å². The van der Waals surface area contributed by atoms with Gasteiger partial charge in [-0.1, -0.05) is 6.92 Å². The van der Waals surface area contributed by atoms with Gasteiger partial charge in [0, 0.05) is 24.8 Å². The van der Waals surface area contributed by atoms with Crippen molar-refractivity contribution in [1.29, 1.82) is 0 Å². The number of fused-ring (bicyclic) bond motifs is 1. The van der Waals surface area contributed by atoms with E-state index in [0.29, 0.717) is 0 Å². The van der Waals surface area contributed by atoms with Crippen LogP contribution in [0.5, 0.6) is 5.75 Å². The molecule has 0 spiro atoms. The molecule has 0 amide bonds. The Labute approximate surface area is 109 Å². The molecule has 4 nitrogen and oxygen atoms in total. The van der Waals surface area contributed by atoms with Gasteiger partial charge in [-0.3, -0.25) is 0 Å². The standard InChI is InChI=1S/C14H23N3O/c1-4-12-10-17(8-7-16(2)3)13-6-5-11(15)9-14(13)18-12/h5-6,9,12H,4,7-8,10,15H2,1-3H3. The summed E-state index contributed by atoms with van der Waals surface area (Å²) >= 11 is 0. The van der Waals surface area contributed by atoms with Crippen molar-refractivity contribution in [2.24, 2.45) is 0 Å². The Kier molecular flexibility index (Phi) is 3.97. The van der Waals surface area contributed by atoms with Crippen molar-refractivity contribution in [2.45, 2.75) is 19.4 Å². The van der Waals surface area contributed by atoms with Crippen molar-refractivity contribution in [2.75, 3.05) is 44.4 Å². The smallest absolute Gasteiger partial charge is 0.145 e. The summed E-state index contributed by atoms with van der Waals surface area (Å²) in [5.41, 5.74) is 7.75. The van der Waals surface area contributed by atoms with Gasteiger partial charge in [0.05, 0.1) is 12.2 Å². The van der Waals surface area contributed by atoms with Crippen LogP contribution in [-0.2, 0) is 0 Å². The molecular formula is C14H23N3O. The van der Waals surface area contributed by atoms with Crippen molar-refractivity contribution >= 4 is 11.4 Å². The van der Waals surface area contributed by atoms with Crippen LogP contribution in [0.15, 0.2) is 18.2 Å². The third-order valence-corrected chi connectivity index (χ3v) is 3.31. The lowest BCUT2D eigenvalue weighted by molar-refractivity contribution is 0.188. The van der Waals surface area contributed by atoms with Crippen molar-refractivity contribution in [3.05, 3.63) is 18.2 Å². The second-order valence-electron chi connectivity index (χ2n) is 5.12. The van der Waals surface area contributed by atoms with Crippen LogP contribution in [0.4, 0.5) is 11.4 Å². The highest BCUT2D eigenvalue weighted by atomic mass is 16.5. The molecule has 0 fully saturated rings. The molecule has 1 atom stereocenters. The zero-order valence-corrected chi connectivity index (χ0v) is 11.5. The molecular weight excluding hydrogens is 226 g/mol. The van der Waals surface area contributed by atoms with E-state index in [9.17, 15) is 0 Å². The van der Waals surface area contributed by atoms with Crippen LogP contribution in [0, 0.1) is 0 Å². The van der Waals surface area contributed by atoms with Crippen molar-refractivity contribution in [1.82, 2.24) is 4.90 Å². The molecule has 0 aliphatic carbocycles. The lowest BCUT2D eigenvalue weighted by atomic mass is 10.1. The maximum atomic E-state index is 5.96. The molecule has 0 aromatic heterocycles. The maximum absolute atomic E-state index is 5.96. The predicted molar refractivity (Wildman–Crippen MR) is 76.3 cm³/mol. The van der Waals surface area contributed by atoms with Gasteiger partial charge in [-0.05, 0) is 32.6 Å². The quantitative estimate of drug-likeness (QED) is 0.826. The molecule has 1 aromatic rings. The van der Waals surface area contributed by atoms with Gasteiger partial charge in [0.25, 0.3) is 0 Å². The van der Waals surface area contributed by atoms with Gasteiger partial charge in [0.1, 0.15) is 11.9 Å². The summed E-state index contributed by atoms with van der Waals surface area (Å²) in [7, 11) is 4.20. The molecule has 4 heteroatoms. The number of likely N-dealkylation sites (N-methyl/N-ethyl adjacent to an activating group) is 1. The van der Waals surface area contributed by atoms with Crippen molar-refractivity contribution in [3.8, 4) is 5.75 Å². The molecule has 2 rings (SSSR count). The monoisotopic (exact) mass is 249 g/mol. The van der Waals surface area contributed by atoms with E-state index in [2.05, 4.69) is 36.9 Å². The molecule has 2 N–H and O–H groups in total. The Morgan fingerprint density at radius 3 is 2.89 bits per heavy atom. The summed E-state index contributed by atoms with van der Waals surface area (Å²) in [4.78, 5) is 4.60. The maximum Gasteiger partial charge on any atom is 0.145 e. The van der Waals surface area contributed by atoms with E-state index in [0.717, 1.165) is 43.2 Å². The third kappa shape index (κ3) is 2.88. The average molecular weight is 249 g/mol. The van der Waals surface area contributed by atoms with Crippen molar-refractivity contribution < 1.29 is 4.74 Å². The number of nitrogens with two attached hydrogens (primary N) is 1. The third-order valence-electron chi connectivity index (χ3n) is 3.31. The van der Waals surface area contributed by atoms with Crippen LogP contribution < -0.4 is 15.4 Å². The molecule has 1 aliphatic heterocycles. The van der Waals surface area contributed by atoms with E-state index >= 15 is 0 Å². The molecule has 1 heterocycles. The van der Waals surface area contributed by atoms with E-state index in [-0.39, 0.29) is 6.10 Å². The first-order valence-electron chi connectivity index (χ1n) is 6.56. The highest BCUT2D eigenvalue weighted by Crippen LogP contribution is 2.35. The summed E-state index contributed by atoms with van der Waals surface area (Å²) in [5, 5.41) is 0. The fraction of sp³-hybridized carbons (Fsp3) is 0.571. The first-order valence-corrected chi connectivity index (χ1v) is 6.56. The average Bonchev–Trinajstić information content (AvgIpc) is 2.34. The Bertz CT molecular complexity index is 406. The fourth-order valence-electron chi connectivity index (χ4n) is 2.19. The second-order valence-corrected chi connectivity index (χ2v) is 5.12. The first-order chi connectivity index (χ1) is 8.60. The minimum atomic E-state index is 0.265. The Balaban J connectivity index is 2.19. The molecule has 0 saturated carbocycles. The number of nitrogen functional groups attached to an aromatic ring is 1. The van der Waals surface area contributed by atoms with Crippen LogP contribution in [-0.4, -0.2) is 44.7 Å². The van der Waals surface area contributed by atoms with Crippen LogP contribution >= 0.6 is 0 Å².